The number of furan rings is 1. The highest BCUT2D eigenvalue weighted by atomic mass is 16.3. The summed E-state index contributed by atoms with van der Waals surface area (Å²) in [6.07, 6.45) is 5.01. The van der Waals surface area contributed by atoms with Crippen LogP contribution in [0.2, 0.25) is 0 Å². The molecule has 1 atom stereocenters. The zero-order valence-corrected chi connectivity index (χ0v) is 12.5. The summed E-state index contributed by atoms with van der Waals surface area (Å²) in [5, 5.41) is 4.12. The van der Waals surface area contributed by atoms with E-state index in [2.05, 4.69) is 5.10 Å². The Balaban J connectivity index is 1.97. The molecule has 0 aliphatic rings. The number of hydrogen-bond acceptors (Lipinski definition) is 3. The Labute approximate surface area is 119 Å². The normalized spacial score (nSPS) is 12.4. The van der Waals surface area contributed by atoms with Gasteiger partial charge in [-0.15, -0.1) is 0 Å². The first kappa shape index (κ1) is 14.4. The molecule has 2 aromatic rings. The quantitative estimate of drug-likeness (QED) is 0.842. The van der Waals surface area contributed by atoms with Gasteiger partial charge < -0.3 is 9.32 Å². The Morgan fingerprint density at radius 2 is 2.30 bits per heavy atom. The molecule has 2 heterocycles. The van der Waals surface area contributed by atoms with E-state index < -0.39 is 0 Å². The fraction of sp³-hybridized carbons (Fsp3) is 0.467. The molecule has 0 radical (unpaired) electrons. The first-order chi connectivity index (χ1) is 9.50. The van der Waals surface area contributed by atoms with Gasteiger partial charge in [0.25, 0.3) is 5.91 Å². The molecular weight excluding hydrogens is 254 g/mol. The first-order valence-electron chi connectivity index (χ1n) is 6.79. The Bertz CT molecular complexity index is 572. The maximum atomic E-state index is 12.4. The minimum Gasteiger partial charge on any atom is -0.469 e. The lowest BCUT2D eigenvalue weighted by atomic mass is 10.1. The largest absolute Gasteiger partial charge is 0.469 e. The SMILES string of the molecule is Cc1c(C(=O)N(C)C(C)CCc2ccco2)cnn1C. The third-order valence-electron chi connectivity index (χ3n) is 3.84. The molecule has 2 aromatic heterocycles. The van der Waals surface area contributed by atoms with E-state index in [1.807, 2.05) is 40.1 Å². The van der Waals surface area contributed by atoms with Crippen molar-refractivity contribution in [3.05, 3.63) is 41.6 Å². The molecule has 0 bridgehead atoms. The summed E-state index contributed by atoms with van der Waals surface area (Å²) in [6.45, 7) is 3.95. The zero-order valence-electron chi connectivity index (χ0n) is 12.5. The molecule has 1 unspecified atom stereocenters. The minimum absolute atomic E-state index is 0.0162. The van der Waals surface area contributed by atoms with Gasteiger partial charge in [-0.3, -0.25) is 9.48 Å². The summed E-state index contributed by atoms with van der Waals surface area (Å²) in [7, 11) is 3.67. The molecule has 5 heteroatoms. The minimum atomic E-state index is 0.0162. The molecule has 0 aromatic carbocycles. The molecule has 5 nitrogen and oxygen atoms in total. The van der Waals surface area contributed by atoms with Gasteiger partial charge in [-0.25, -0.2) is 0 Å². The molecule has 0 aliphatic carbocycles. The molecule has 0 N–H and O–H groups in total. The van der Waals surface area contributed by atoms with Crippen LogP contribution in [0.1, 0.15) is 35.2 Å². The second-order valence-corrected chi connectivity index (χ2v) is 5.15. The molecule has 0 saturated heterocycles. The number of carbonyl (C=O) groups excluding carboxylic acids is 1. The molecule has 0 fully saturated rings. The van der Waals surface area contributed by atoms with Crippen LogP contribution in [0.5, 0.6) is 0 Å². The van der Waals surface area contributed by atoms with E-state index in [1.165, 1.54) is 0 Å². The number of aromatic nitrogens is 2. The van der Waals surface area contributed by atoms with Crippen molar-refractivity contribution >= 4 is 5.91 Å². The third kappa shape index (κ3) is 2.92. The van der Waals surface area contributed by atoms with Gasteiger partial charge in [0.05, 0.1) is 18.0 Å². The van der Waals surface area contributed by atoms with Crippen molar-refractivity contribution in [1.82, 2.24) is 14.7 Å². The number of rotatable bonds is 5. The van der Waals surface area contributed by atoms with Crippen LogP contribution in [-0.2, 0) is 13.5 Å². The summed E-state index contributed by atoms with van der Waals surface area (Å²) in [5.74, 6) is 0.970. The molecular formula is C15H21N3O2. The summed E-state index contributed by atoms with van der Waals surface area (Å²) in [6, 6.07) is 3.99. The maximum absolute atomic E-state index is 12.4. The van der Waals surface area contributed by atoms with Crippen LogP contribution >= 0.6 is 0 Å². The Morgan fingerprint density at radius 1 is 1.55 bits per heavy atom. The molecule has 1 amide bonds. The second-order valence-electron chi connectivity index (χ2n) is 5.15. The van der Waals surface area contributed by atoms with Crippen LogP contribution in [0.4, 0.5) is 0 Å². The van der Waals surface area contributed by atoms with Crippen LogP contribution in [0, 0.1) is 6.92 Å². The van der Waals surface area contributed by atoms with Gasteiger partial charge in [-0.1, -0.05) is 0 Å². The number of hydrogen-bond donors (Lipinski definition) is 0. The highest BCUT2D eigenvalue weighted by Gasteiger charge is 2.21. The van der Waals surface area contributed by atoms with Crippen molar-refractivity contribution in [2.24, 2.45) is 7.05 Å². The average Bonchev–Trinajstić information content (AvgIpc) is 3.06. The Morgan fingerprint density at radius 3 is 2.85 bits per heavy atom. The van der Waals surface area contributed by atoms with Gasteiger partial charge >= 0.3 is 0 Å². The molecule has 20 heavy (non-hydrogen) atoms. The molecule has 0 aliphatic heterocycles. The molecule has 108 valence electrons. The summed E-state index contributed by atoms with van der Waals surface area (Å²) < 4.78 is 7.03. The van der Waals surface area contributed by atoms with E-state index in [0.717, 1.165) is 24.3 Å². The monoisotopic (exact) mass is 275 g/mol. The van der Waals surface area contributed by atoms with Crippen molar-refractivity contribution in [1.29, 1.82) is 0 Å². The van der Waals surface area contributed by atoms with Gasteiger partial charge in [-0.2, -0.15) is 5.10 Å². The van der Waals surface area contributed by atoms with Gasteiger partial charge in [0.1, 0.15) is 5.76 Å². The summed E-state index contributed by atoms with van der Waals surface area (Å²) in [4.78, 5) is 14.2. The van der Waals surface area contributed by atoms with Crippen LogP contribution in [0.3, 0.4) is 0 Å². The molecule has 0 saturated carbocycles. The van der Waals surface area contributed by atoms with E-state index in [0.29, 0.717) is 5.56 Å². The number of amides is 1. The Hall–Kier alpha value is -2.04. The Kier molecular flexibility index (Phi) is 4.27. The highest BCUT2D eigenvalue weighted by Crippen LogP contribution is 2.14. The van der Waals surface area contributed by atoms with Gasteiger partial charge in [0, 0.05) is 32.3 Å². The lowest BCUT2D eigenvalue weighted by molar-refractivity contribution is 0.0735. The van der Waals surface area contributed by atoms with Crippen LogP contribution in [0.15, 0.2) is 29.0 Å². The van der Waals surface area contributed by atoms with Crippen LogP contribution < -0.4 is 0 Å². The van der Waals surface area contributed by atoms with Crippen LogP contribution in [-0.4, -0.2) is 33.7 Å². The van der Waals surface area contributed by atoms with E-state index in [-0.39, 0.29) is 11.9 Å². The first-order valence-corrected chi connectivity index (χ1v) is 6.79. The van der Waals surface area contributed by atoms with E-state index >= 15 is 0 Å². The van der Waals surface area contributed by atoms with Crippen molar-refractivity contribution in [2.75, 3.05) is 7.05 Å². The smallest absolute Gasteiger partial charge is 0.257 e. The van der Waals surface area contributed by atoms with E-state index in [1.54, 1.807) is 22.0 Å². The van der Waals surface area contributed by atoms with Crippen LogP contribution in [0.25, 0.3) is 0 Å². The fourth-order valence-corrected chi connectivity index (χ4v) is 2.10. The lowest BCUT2D eigenvalue weighted by Gasteiger charge is -2.24. The standard InChI is InChI=1S/C15H21N3O2/c1-11(7-8-13-6-5-9-20-13)17(3)15(19)14-10-16-18(4)12(14)2/h5-6,9-11H,7-8H2,1-4H3. The van der Waals surface area contributed by atoms with Gasteiger partial charge in [0.2, 0.25) is 0 Å². The third-order valence-corrected chi connectivity index (χ3v) is 3.84. The van der Waals surface area contributed by atoms with E-state index in [9.17, 15) is 4.79 Å². The average molecular weight is 275 g/mol. The number of aryl methyl sites for hydroxylation is 2. The number of carbonyl (C=O) groups is 1. The van der Waals surface area contributed by atoms with Crippen molar-refractivity contribution in [3.63, 3.8) is 0 Å². The number of nitrogens with zero attached hydrogens (tertiary/aromatic N) is 3. The zero-order chi connectivity index (χ0) is 14.7. The summed E-state index contributed by atoms with van der Waals surface area (Å²) >= 11 is 0. The van der Waals surface area contributed by atoms with Crippen molar-refractivity contribution < 1.29 is 9.21 Å². The predicted octanol–water partition coefficient (Wildman–Crippen LogP) is 2.41. The fourth-order valence-electron chi connectivity index (χ4n) is 2.10. The highest BCUT2D eigenvalue weighted by molar-refractivity contribution is 5.95. The van der Waals surface area contributed by atoms with Gasteiger partial charge in [0.15, 0.2) is 0 Å². The van der Waals surface area contributed by atoms with Crippen molar-refractivity contribution in [3.8, 4) is 0 Å². The molecule has 0 spiro atoms. The molecule has 2 rings (SSSR count). The van der Waals surface area contributed by atoms with Crippen molar-refractivity contribution in [2.45, 2.75) is 32.7 Å². The lowest BCUT2D eigenvalue weighted by Crippen LogP contribution is -2.35. The predicted molar refractivity (Wildman–Crippen MR) is 76.5 cm³/mol. The topological polar surface area (TPSA) is 51.3 Å². The van der Waals surface area contributed by atoms with Gasteiger partial charge in [-0.05, 0) is 32.4 Å². The maximum Gasteiger partial charge on any atom is 0.257 e. The summed E-state index contributed by atoms with van der Waals surface area (Å²) in [5.41, 5.74) is 1.56. The van der Waals surface area contributed by atoms with E-state index in [4.69, 9.17) is 4.42 Å². The second kappa shape index (κ2) is 5.94.